The first kappa shape index (κ1) is 15.3. The summed E-state index contributed by atoms with van der Waals surface area (Å²) < 4.78 is 4.90. The predicted octanol–water partition coefficient (Wildman–Crippen LogP) is -0.192. The van der Waals surface area contributed by atoms with Crippen molar-refractivity contribution in [2.45, 2.75) is 25.8 Å². The van der Waals surface area contributed by atoms with Crippen molar-refractivity contribution in [2.75, 3.05) is 40.4 Å². The number of ether oxygens (including phenoxy) is 1. The first-order chi connectivity index (χ1) is 7.44. The molecule has 96 valence electrons. The molecular formula is C11H25N3O2. The molecule has 0 unspecified atom stereocenters. The minimum absolute atomic E-state index is 0.0279. The molecule has 3 N–H and O–H groups in total. The van der Waals surface area contributed by atoms with E-state index >= 15 is 0 Å². The van der Waals surface area contributed by atoms with Crippen LogP contribution in [0.25, 0.3) is 0 Å². The Balaban J connectivity index is 3.78. The number of amides is 1. The smallest absolute Gasteiger partial charge is 0.234 e. The minimum Gasteiger partial charge on any atom is -0.385 e. The molecule has 1 amide bonds. The Morgan fingerprint density at radius 1 is 1.50 bits per heavy atom. The van der Waals surface area contributed by atoms with Gasteiger partial charge < -0.3 is 15.8 Å². The van der Waals surface area contributed by atoms with Crippen LogP contribution in [-0.4, -0.2) is 56.7 Å². The average Bonchev–Trinajstić information content (AvgIpc) is 2.24. The van der Waals surface area contributed by atoms with Crippen molar-refractivity contribution in [1.29, 1.82) is 0 Å². The largest absolute Gasteiger partial charge is 0.385 e. The summed E-state index contributed by atoms with van der Waals surface area (Å²) in [6.45, 7) is 6.27. The Hall–Kier alpha value is -0.650. The molecule has 0 bridgehead atoms. The molecule has 0 heterocycles. The van der Waals surface area contributed by atoms with Gasteiger partial charge in [0, 0.05) is 32.3 Å². The van der Waals surface area contributed by atoms with Crippen molar-refractivity contribution in [3.8, 4) is 0 Å². The lowest BCUT2D eigenvalue weighted by atomic mass is 10.0. The summed E-state index contributed by atoms with van der Waals surface area (Å²) >= 11 is 0. The fraction of sp³-hybridized carbons (Fsp3) is 0.909. The van der Waals surface area contributed by atoms with Crippen molar-refractivity contribution in [3.63, 3.8) is 0 Å². The number of rotatable bonds is 8. The number of carbonyl (C=O) groups excluding carboxylic acids is 1. The predicted molar refractivity (Wildman–Crippen MR) is 65.3 cm³/mol. The van der Waals surface area contributed by atoms with Crippen LogP contribution in [-0.2, 0) is 9.53 Å². The zero-order chi connectivity index (χ0) is 12.6. The monoisotopic (exact) mass is 231 g/mol. The Morgan fingerprint density at radius 3 is 2.62 bits per heavy atom. The van der Waals surface area contributed by atoms with E-state index < -0.39 is 0 Å². The van der Waals surface area contributed by atoms with Crippen molar-refractivity contribution in [1.82, 2.24) is 10.2 Å². The first-order valence-electron chi connectivity index (χ1n) is 5.61. The summed E-state index contributed by atoms with van der Waals surface area (Å²) in [6.07, 6.45) is 0.840. The van der Waals surface area contributed by atoms with Gasteiger partial charge in [-0.2, -0.15) is 0 Å². The Bertz CT molecular complexity index is 207. The van der Waals surface area contributed by atoms with Gasteiger partial charge in [-0.1, -0.05) is 0 Å². The Labute approximate surface area is 98.3 Å². The molecule has 5 nitrogen and oxygen atoms in total. The number of nitrogens with one attached hydrogen (secondary N) is 1. The third-order valence-corrected chi connectivity index (χ3v) is 2.76. The van der Waals surface area contributed by atoms with E-state index in [-0.39, 0.29) is 11.4 Å². The number of carbonyl (C=O) groups is 1. The van der Waals surface area contributed by atoms with Crippen molar-refractivity contribution in [3.05, 3.63) is 0 Å². The maximum Gasteiger partial charge on any atom is 0.234 e. The van der Waals surface area contributed by atoms with E-state index in [1.165, 1.54) is 0 Å². The standard InChI is InChI=1S/C11H25N3O2/c1-11(2,9-12)14(3)8-10(15)13-6-5-7-16-4/h5-9,12H2,1-4H3,(H,13,15). The lowest BCUT2D eigenvalue weighted by Gasteiger charge is -2.33. The summed E-state index contributed by atoms with van der Waals surface area (Å²) in [6, 6.07) is 0. The summed E-state index contributed by atoms with van der Waals surface area (Å²) in [5, 5.41) is 2.84. The molecule has 0 aliphatic heterocycles. The summed E-state index contributed by atoms with van der Waals surface area (Å²) in [4.78, 5) is 13.5. The van der Waals surface area contributed by atoms with Crippen molar-refractivity contribution >= 4 is 5.91 Å². The van der Waals surface area contributed by atoms with Crippen LogP contribution in [0.2, 0.25) is 0 Å². The van der Waals surface area contributed by atoms with Crippen LogP contribution in [0.4, 0.5) is 0 Å². The van der Waals surface area contributed by atoms with Crippen LogP contribution in [0.15, 0.2) is 0 Å². The zero-order valence-electron chi connectivity index (χ0n) is 10.9. The SMILES string of the molecule is COCCCNC(=O)CN(C)C(C)(C)CN. The molecule has 0 rings (SSSR count). The molecule has 0 aromatic carbocycles. The fourth-order valence-electron chi connectivity index (χ4n) is 1.09. The Kier molecular flexibility index (Phi) is 7.29. The summed E-state index contributed by atoms with van der Waals surface area (Å²) in [5.41, 5.74) is 5.48. The second kappa shape index (κ2) is 7.60. The summed E-state index contributed by atoms with van der Waals surface area (Å²) in [7, 11) is 3.56. The molecule has 0 aromatic rings. The first-order valence-corrected chi connectivity index (χ1v) is 5.61. The normalized spacial score (nSPS) is 11.9. The van der Waals surface area contributed by atoms with Crippen molar-refractivity contribution in [2.24, 2.45) is 5.73 Å². The molecule has 0 atom stereocenters. The lowest BCUT2D eigenvalue weighted by molar-refractivity contribution is -0.123. The van der Waals surface area contributed by atoms with E-state index in [1.54, 1.807) is 7.11 Å². The highest BCUT2D eigenvalue weighted by Crippen LogP contribution is 2.08. The molecule has 0 radical (unpaired) electrons. The van der Waals surface area contributed by atoms with Gasteiger partial charge in [0.2, 0.25) is 5.91 Å². The topological polar surface area (TPSA) is 67.6 Å². The molecule has 0 fully saturated rings. The van der Waals surface area contributed by atoms with Crippen LogP contribution in [0.5, 0.6) is 0 Å². The van der Waals surface area contributed by atoms with Crippen LogP contribution in [0.3, 0.4) is 0 Å². The van der Waals surface area contributed by atoms with Gasteiger partial charge in [-0.05, 0) is 27.3 Å². The van der Waals surface area contributed by atoms with Crippen LogP contribution < -0.4 is 11.1 Å². The quantitative estimate of drug-likeness (QED) is 0.568. The molecule has 0 saturated heterocycles. The second-order valence-electron chi connectivity index (χ2n) is 4.57. The van der Waals surface area contributed by atoms with Gasteiger partial charge in [0.1, 0.15) is 0 Å². The maximum atomic E-state index is 11.5. The number of nitrogens with zero attached hydrogens (tertiary/aromatic N) is 1. The van der Waals surface area contributed by atoms with Gasteiger partial charge in [-0.15, -0.1) is 0 Å². The molecule has 0 aliphatic rings. The van der Waals surface area contributed by atoms with Crippen LogP contribution in [0, 0.1) is 0 Å². The van der Waals surface area contributed by atoms with Gasteiger partial charge in [-0.3, -0.25) is 9.69 Å². The van der Waals surface area contributed by atoms with E-state index in [0.717, 1.165) is 6.42 Å². The van der Waals surface area contributed by atoms with Gasteiger partial charge in [0.25, 0.3) is 0 Å². The zero-order valence-corrected chi connectivity index (χ0v) is 10.9. The molecular weight excluding hydrogens is 206 g/mol. The molecule has 16 heavy (non-hydrogen) atoms. The summed E-state index contributed by atoms with van der Waals surface area (Å²) in [5.74, 6) is 0.0279. The molecule has 0 aliphatic carbocycles. The van der Waals surface area contributed by atoms with E-state index in [2.05, 4.69) is 5.32 Å². The highest BCUT2D eigenvalue weighted by molar-refractivity contribution is 5.78. The average molecular weight is 231 g/mol. The third-order valence-electron chi connectivity index (χ3n) is 2.76. The van der Waals surface area contributed by atoms with Gasteiger partial charge in [0.05, 0.1) is 6.54 Å². The van der Waals surface area contributed by atoms with Crippen LogP contribution in [0.1, 0.15) is 20.3 Å². The number of hydrogen-bond acceptors (Lipinski definition) is 4. The van der Waals surface area contributed by atoms with E-state index in [0.29, 0.717) is 26.2 Å². The number of hydrogen-bond donors (Lipinski definition) is 2. The number of likely N-dealkylation sites (N-methyl/N-ethyl adjacent to an activating group) is 1. The maximum absolute atomic E-state index is 11.5. The highest BCUT2D eigenvalue weighted by Gasteiger charge is 2.22. The third kappa shape index (κ3) is 6.05. The van der Waals surface area contributed by atoms with E-state index in [4.69, 9.17) is 10.5 Å². The molecule has 5 heteroatoms. The minimum atomic E-state index is -0.149. The Morgan fingerprint density at radius 2 is 2.12 bits per heavy atom. The molecule has 0 spiro atoms. The van der Waals surface area contributed by atoms with Gasteiger partial charge in [-0.25, -0.2) is 0 Å². The molecule has 0 saturated carbocycles. The number of nitrogens with two attached hydrogens (primary N) is 1. The van der Waals surface area contributed by atoms with E-state index in [1.807, 2.05) is 25.8 Å². The van der Waals surface area contributed by atoms with Gasteiger partial charge in [0.15, 0.2) is 0 Å². The number of methoxy groups -OCH3 is 1. The molecule has 0 aromatic heterocycles. The van der Waals surface area contributed by atoms with Crippen molar-refractivity contribution < 1.29 is 9.53 Å². The van der Waals surface area contributed by atoms with Gasteiger partial charge >= 0.3 is 0 Å². The fourth-order valence-corrected chi connectivity index (χ4v) is 1.09. The van der Waals surface area contributed by atoms with Crippen LogP contribution >= 0.6 is 0 Å². The highest BCUT2D eigenvalue weighted by atomic mass is 16.5. The van der Waals surface area contributed by atoms with E-state index in [9.17, 15) is 4.79 Å². The second-order valence-corrected chi connectivity index (χ2v) is 4.57. The lowest BCUT2D eigenvalue weighted by Crippen LogP contribution is -2.50.